The average molecular weight is 426 g/mol. The summed E-state index contributed by atoms with van der Waals surface area (Å²) in [4.78, 5) is 14.7. The normalized spacial score (nSPS) is 10.8. The summed E-state index contributed by atoms with van der Waals surface area (Å²) in [5.41, 5.74) is 3.16. The lowest BCUT2D eigenvalue weighted by Gasteiger charge is -2.22. The first-order valence-electron chi connectivity index (χ1n) is 9.82. The van der Waals surface area contributed by atoms with Crippen LogP contribution in [-0.2, 0) is 11.3 Å². The van der Waals surface area contributed by atoms with E-state index in [-0.39, 0.29) is 11.7 Å². The number of rotatable bonds is 9. The van der Waals surface area contributed by atoms with Crippen LogP contribution in [0.1, 0.15) is 24.5 Å². The topological polar surface area (TPSA) is 86.3 Å². The van der Waals surface area contributed by atoms with Crippen LogP contribution in [-0.4, -0.2) is 45.1 Å². The summed E-state index contributed by atoms with van der Waals surface area (Å²) >= 11 is 1.29. The van der Waals surface area contributed by atoms with Crippen LogP contribution in [0.3, 0.4) is 0 Å². The summed E-state index contributed by atoms with van der Waals surface area (Å²) in [6.45, 7) is 5.43. The Morgan fingerprint density at radius 1 is 1.13 bits per heavy atom. The molecule has 0 saturated carbocycles. The van der Waals surface area contributed by atoms with Gasteiger partial charge in [0.2, 0.25) is 11.1 Å². The molecule has 0 aliphatic rings. The summed E-state index contributed by atoms with van der Waals surface area (Å²) in [7, 11) is 1.62. The van der Waals surface area contributed by atoms with Gasteiger partial charge < -0.3 is 15.5 Å². The fourth-order valence-electron chi connectivity index (χ4n) is 3.01. The summed E-state index contributed by atoms with van der Waals surface area (Å²) in [6.07, 6.45) is 0.900. The van der Waals surface area contributed by atoms with Crippen LogP contribution in [0.2, 0.25) is 0 Å². The minimum Gasteiger partial charge on any atom is -0.497 e. The molecule has 2 N–H and O–H groups in total. The average Bonchev–Trinajstić information content (AvgIpc) is 3.13. The second-order valence-corrected chi connectivity index (χ2v) is 7.94. The summed E-state index contributed by atoms with van der Waals surface area (Å²) < 4.78 is 6.60. The minimum absolute atomic E-state index is 0.0522. The van der Waals surface area contributed by atoms with Crippen molar-refractivity contribution in [3.05, 3.63) is 59.7 Å². The fraction of sp³-hybridized carbons (Fsp3) is 0.318. The first kappa shape index (κ1) is 21.7. The van der Waals surface area contributed by atoms with Gasteiger partial charge in [-0.1, -0.05) is 48.5 Å². The number of thioether (sulfide) groups is 1. The van der Waals surface area contributed by atoms with E-state index in [1.165, 1.54) is 22.0 Å². The van der Waals surface area contributed by atoms with Gasteiger partial charge >= 0.3 is 0 Å². The number of amides is 1. The third-order valence-corrected chi connectivity index (χ3v) is 5.61. The molecule has 0 unspecified atom stereocenters. The Kier molecular flexibility index (Phi) is 7.35. The van der Waals surface area contributed by atoms with Crippen molar-refractivity contribution in [1.82, 2.24) is 19.8 Å². The molecule has 1 aromatic heterocycles. The van der Waals surface area contributed by atoms with Crippen molar-refractivity contribution in [1.29, 1.82) is 0 Å². The first-order valence-corrected chi connectivity index (χ1v) is 10.8. The van der Waals surface area contributed by atoms with Gasteiger partial charge in [0, 0.05) is 18.7 Å². The van der Waals surface area contributed by atoms with Gasteiger partial charge in [0.25, 0.3) is 0 Å². The molecule has 0 saturated heterocycles. The first-order chi connectivity index (χ1) is 14.5. The predicted molar refractivity (Wildman–Crippen MR) is 120 cm³/mol. The maximum absolute atomic E-state index is 12.8. The lowest BCUT2D eigenvalue weighted by molar-refractivity contribution is -0.129. The molecule has 158 valence electrons. The molecule has 7 nitrogen and oxygen atoms in total. The van der Waals surface area contributed by atoms with E-state index in [0.717, 1.165) is 23.3 Å². The Labute approximate surface area is 181 Å². The smallest absolute Gasteiger partial charge is 0.233 e. The number of benzene rings is 2. The van der Waals surface area contributed by atoms with E-state index in [9.17, 15) is 4.79 Å². The Hall–Kier alpha value is -3.00. The van der Waals surface area contributed by atoms with Crippen molar-refractivity contribution in [2.24, 2.45) is 0 Å². The molecular weight excluding hydrogens is 398 g/mol. The van der Waals surface area contributed by atoms with E-state index in [4.69, 9.17) is 10.6 Å². The molecule has 2 aromatic carbocycles. The predicted octanol–water partition coefficient (Wildman–Crippen LogP) is 3.51. The molecule has 0 aliphatic carbocycles. The molecule has 0 bridgehead atoms. The molecule has 0 spiro atoms. The molecule has 0 atom stereocenters. The molecule has 3 aromatic rings. The number of ether oxygens (including phenoxy) is 1. The van der Waals surface area contributed by atoms with Gasteiger partial charge in [0.05, 0.1) is 12.9 Å². The van der Waals surface area contributed by atoms with Crippen molar-refractivity contribution >= 4 is 17.7 Å². The highest BCUT2D eigenvalue weighted by atomic mass is 32.2. The van der Waals surface area contributed by atoms with Crippen LogP contribution in [0.4, 0.5) is 0 Å². The number of hydrogen-bond donors (Lipinski definition) is 1. The summed E-state index contributed by atoms with van der Waals surface area (Å²) in [5, 5.41) is 8.83. The molecule has 8 heteroatoms. The zero-order valence-corrected chi connectivity index (χ0v) is 18.4. The number of methoxy groups -OCH3 is 1. The van der Waals surface area contributed by atoms with Gasteiger partial charge in [-0.25, -0.2) is 4.68 Å². The van der Waals surface area contributed by atoms with Crippen molar-refractivity contribution in [2.45, 2.75) is 32.0 Å². The molecule has 3 rings (SSSR count). The van der Waals surface area contributed by atoms with Crippen molar-refractivity contribution in [3.8, 4) is 17.1 Å². The SMILES string of the molecule is CCCN(Cc1ccc(C)cc1)C(=O)CSc1nnc(-c2ccc(OC)cc2)n1N. The Morgan fingerprint density at radius 2 is 1.83 bits per heavy atom. The van der Waals surface area contributed by atoms with E-state index in [0.29, 0.717) is 24.1 Å². The molecule has 0 aliphatic heterocycles. The number of nitrogens with zero attached hydrogens (tertiary/aromatic N) is 4. The summed E-state index contributed by atoms with van der Waals surface area (Å²) in [5.74, 6) is 7.78. The number of aromatic nitrogens is 3. The van der Waals surface area contributed by atoms with Crippen molar-refractivity contribution < 1.29 is 9.53 Å². The van der Waals surface area contributed by atoms with Crippen LogP contribution >= 0.6 is 11.8 Å². The van der Waals surface area contributed by atoms with Crippen LogP contribution in [0, 0.1) is 6.92 Å². The maximum Gasteiger partial charge on any atom is 0.233 e. The Balaban J connectivity index is 1.65. The number of carbonyl (C=O) groups is 1. The van der Waals surface area contributed by atoms with Gasteiger partial charge in [-0.3, -0.25) is 4.79 Å². The molecule has 1 amide bonds. The second-order valence-electron chi connectivity index (χ2n) is 6.99. The van der Waals surface area contributed by atoms with Gasteiger partial charge in [0.15, 0.2) is 5.82 Å². The monoisotopic (exact) mass is 425 g/mol. The summed E-state index contributed by atoms with van der Waals surface area (Å²) in [6, 6.07) is 15.7. The molecule has 0 radical (unpaired) electrons. The number of aryl methyl sites for hydroxylation is 1. The highest BCUT2D eigenvalue weighted by molar-refractivity contribution is 7.99. The maximum atomic E-state index is 12.8. The van der Waals surface area contributed by atoms with Crippen LogP contribution in [0.25, 0.3) is 11.4 Å². The van der Waals surface area contributed by atoms with Crippen LogP contribution in [0.15, 0.2) is 53.7 Å². The number of nitrogen functional groups attached to an aromatic ring is 1. The second kappa shape index (κ2) is 10.2. The third kappa shape index (κ3) is 5.33. The van der Waals surface area contributed by atoms with Crippen LogP contribution < -0.4 is 10.6 Å². The number of hydrogen-bond acceptors (Lipinski definition) is 6. The van der Waals surface area contributed by atoms with Gasteiger partial charge in [-0.05, 0) is 43.2 Å². The molecule has 1 heterocycles. The van der Waals surface area contributed by atoms with Crippen molar-refractivity contribution in [2.75, 3.05) is 25.3 Å². The van der Waals surface area contributed by atoms with E-state index in [1.54, 1.807) is 7.11 Å². The standard InChI is InChI=1S/C22H27N5O2S/c1-4-13-26(14-17-7-5-16(2)6-8-17)20(28)15-30-22-25-24-21(27(22)23)18-9-11-19(29-3)12-10-18/h5-12H,4,13-15,23H2,1-3H3. The zero-order chi connectivity index (χ0) is 21.5. The van der Waals surface area contributed by atoms with Gasteiger partial charge in [0.1, 0.15) is 5.75 Å². The highest BCUT2D eigenvalue weighted by Gasteiger charge is 2.17. The Morgan fingerprint density at radius 3 is 2.47 bits per heavy atom. The van der Waals surface area contributed by atoms with Crippen molar-refractivity contribution in [3.63, 3.8) is 0 Å². The third-order valence-electron chi connectivity index (χ3n) is 4.68. The molecule has 0 fully saturated rings. The Bertz CT molecular complexity index is 970. The van der Waals surface area contributed by atoms with Gasteiger partial charge in [-0.2, -0.15) is 0 Å². The molecule has 30 heavy (non-hydrogen) atoms. The molecular formula is C22H27N5O2S. The van der Waals surface area contributed by atoms with E-state index in [1.807, 2.05) is 29.2 Å². The fourth-order valence-corrected chi connectivity index (χ4v) is 3.76. The highest BCUT2D eigenvalue weighted by Crippen LogP contribution is 2.24. The van der Waals surface area contributed by atoms with E-state index in [2.05, 4.69) is 48.3 Å². The quantitative estimate of drug-likeness (QED) is 0.417. The zero-order valence-electron chi connectivity index (χ0n) is 17.5. The lowest BCUT2D eigenvalue weighted by atomic mass is 10.1. The number of nitrogens with two attached hydrogens (primary N) is 1. The number of carbonyl (C=O) groups excluding carboxylic acids is 1. The van der Waals surface area contributed by atoms with E-state index < -0.39 is 0 Å². The van der Waals surface area contributed by atoms with Crippen LogP contribution in [0.5, 0.6) is 5.75 Å². The van der Waals surface area contributed by atoms with E-state index >= 15 is 0 Å². The lowest BCUT2D eigenvalue weighted by Crippen LogP contribution is -2.32. The minimum atomic E-state index is 0.0522. The van der Waals surface area contributed by atoms with Gasteiger partial charge in [-0.15, -0.1) is 10.2 Å². The largest absolute Gasteiger partial charge is 0.497 e.